The zero-order chi connectivity index (χ0) is 23.8. The molecule has 0 N–H and O–H groups in total. The van der Waals surface area contributed by atoms with Gasteiger partial charge in [0.25, 0.3) is 5.91 Å². The van der Waals surface area contributed by atoms with E-state index in [1.165, 1.54) is 18.2 Å². The topological polar surface area (TPSA) is 64.4 Å². The molecule has 0 radical (unpaired) electrons. The molecule has 0 bridgehead atoms. The van der Waals surface area contributed by atoms with Crippen molar-refractivity contribution in [3.8, 4) is 5.69 Å². The number of hydrogen-bond donors (Lipinski definition) is 0. The van der Waals surface area contributed by atoms with Gasteiger partial charge in [-0.2, -0.15) is 5.10 Å². The van der Waals surface area contributed by atoms with Gasteiger partial charge in [0, 0.05) is 23.7 Å². The highest BCUT2D eigenvalue weighted by atomic mass is 16.5. The van der Waals surface area contributed by atoms with Crippen molar-refractivity contribution in [3.63, 3.8) is 0 Å². The number of carbonyl (C=O) groups is 2. The summed E-state index contributed by atoms with van der Waals surface area (Å²) >= 11 is 0. The summed E-state index contributed by atoms with van der Waals surface area (Å²) in [5, 5.41) is 4.69. The molecular weight excluding hydrogens is 426 g/mol. The largest absolute Gasteiger partial charge is 0.469 e. The van der Waals surface area contributed by atoms with Gasteiger partial charge in [0.1, 0.15) is 0 Å². The van der Waals surface area contributed by atoms with E-state index in [1.807, 2.05) is 42.8 Å². The van der Waals surface area contributed by atoms with Crippen LogP contribution in [0, 0.1) is 13.8 Å². The van der Waals surface area contributed by atoms with Gasteiger partial charge in [0.15, 0.2) is 0 Å². The molecule has 1 atom stereocenters. The first kappa shape index (κ1) is 22.4. The summed E-state index contributed by atoms with van der Waals surface area (Å²) < 4.78 is 6.66. The summed E-state index contributed by atoms with van der Waals surface area (Å²) in [4.78, 5) is 27.3. The Hall–Kier alpha value is -3.41. The summed E-state index contributed by atoms with van der Waals surface area (Å²) in [6, 6.07) is 16.8. The first-order valence-corrected chi connectivity index (χ1v) is 12.1. The van der Waals surface area contributed by atoms with Crippen molar-refractivity contribution in [3.05, 3.63) is 82.2 Å². The Morgan fingerprint density at radius 2 is 1.79 bits per heavy atom. The summed E-state index contributed by atoms with van der Waals surface area (Å²) in [6.45, 7) is 3.97. The number of rotatable bonds is 7. The Labute approximate surface area is 200 Å². The molecule has 0 spiro atoms. The van der Waals surface area contributed by atoms with Crippen molar-refractivity contribution < 1.29 is 14.3 Å². The lowest BCUT2D eigenvalue weighted by atomic mass is 10.0. The molecule has 2 aliphatic rings. The van der Waals surface area contributed by atoms with Crippen LogP contribution in [0.5, 0.6) is 0 Å². The van der Waals surface area contributed by atoms with E-state index >= 15 is 0 Å². The van der Waals surface area contributed by atoms with Crippen LogP contribution in [0.15, 0.2) is 48.5 Å². The van der Waals surface area contributed by atoms with Crippen molar-refractivity contribution in [1.29, 1.82) is 0 Å². The number of aryl methyl sites for hydroxylation is 2. The first-order valence-electron chi connectivity index (χ1n) is 12.1. The van der Waals surface area contributed by atoms with Crippen molar-refractivity contribution in [2.75, 3.05) is 7.11 Å². The SMILES string of the molecule is COC(=O)CCc1c(C)nn(-c2ccc(C(=O)N(C3CC3)C3CCc4ccccc43)cc2)c1C. The van der Waals surface area contributed by atoms with Gasteiger partial charge in [-0.15, -0.1) is 0 Å². The quantitative estimate of drug-likeness (QED) is 0.474. The molecular formula is C28H31N3O3. The Morgan fingerprint density at radius 3 is 2.50 bits per heavy atom. The summed E-state index contributed by atoms with van der Waals surface area (Å²) in [7, 11) is 1.41. The Kier molecular flexibility index (Phi) is 5.98. The minimum atomic E-state index is -0.223. The van der Waals surface area contributed by atoms with Crippen LogP contribution in [0.3, 0.4) is 0 Å². The summed E-state index contributed by atoms with van der Waals surface area (Å²) in [5.41, 5.74) is 7.27. The number of esters is 1. The highest BCUT2D eigenvalue weighted by Crippen LogP contribution is 2.42. The number of hydrogen-bond acceptors (Lipinski definition) is 4. The second kappa shape index (κ2) is 9.09. The zero-order valence-corrected chi connectivity index (χ0v) is 20.1. The zero-order valence-electron chi connectivity index (χ0n) is 20.1. The van der Waals surface area contributed by atoms with E-state index in [0.717, 1.165) is 48.3 Å². The van der Waals surface area contributed by atoms with Gasteiger partial charge < -0.3 is 9.64 Å². The molecule has 34 heavy (non-hydrogen) atoms. The van der Waals surface area contributed by atoms with E-state index in [0.29, 0.717) is 24.4 Å². The maximum Gasteiger partial charge on any atom is 0.305 e. The van der Waals surface area contributed by atoms with Crippen molar-refractivity contribution >= 4 is 11.9 Å². The fraction of sp³-hybridized carbons (Fsp3) is 0.393. The number of nitrogens with zero attached hydrogens (tertiary/aromatic N) is 3. The lowest BCUT2D eigenvalue weighted by Gasteiger charge is -2.30. The monoisotopic (exact) mass is 457 g/mol. The molecule has 1 aromatic heterocycles. The molecule has 0 saturated heterocycles. The minimum Gasteiger partial charge on any atom is -0.469 e. The van der Waals surface area contributed by atoms with Crippen molar-refractivity contribution in [2.24, 2.45) is 0 Å². The van der Waals surface area contributed by atoms with Crippen LogP contribution in [0.25, 0.3) is 5.69 Å². The van der Waals surface area contributed by atoms with Gasteiger partial charge in [-0.1, -0.05) is 24.3 Å². The molecule has 6 nitrogen and oxygen atoms in total. The van der Waals surface area contributed by atoms with Gasteiger partial charge in [-0.25, -0.2) is 4.68 Å². The van der Waals surface area contributed by atoms with Crippen molar-refractivity contribution in [1.82, 2.24) is 14.7 Å². The molecule has 1 amide bonds. The maximum atomic E-state index is 13.6. The lowest BCUT2D eigenvalue weighted by Crippen LogP contribution is -2.36. The van der Waals surface area contributed by atoms with E-state index < -0.39 is 0 Å². The fourth-order valence-electron chi connectivity index (χ4n) is 5.25. The third kappa shape index (κ3) is 4.13. The smallest absolute Gasteiger partial charge is 0.305 e. The highest BCUT2D eigenvalue weighted by molar-refractivity contribution is 5.95. The van der Waals surface area contributed by atoms with Crippen LogP contribution < -0.4 is 0 Å². The van der Waals surface area contributed by atoms with Crippen LogP contribution in [0.4, 0.5) is 0 Å². The van der Waals surface area contributed by atoms with Gasteiger partial charge >= 0.3 is 5.97 Å². The lowest BCUT2D eigenvalue weighted by molar-refractivity contribution is -0.140. The van der Waals surface area contributed by atoms with Gasteiger partial charge in [-0.05, 0) is 86.9 Å². The maximum absolute atomic E-state index is 13.6. The fourth-order valence-corrected chi connectivity index (χ4v) is 5.25. The summed E-state index contributed by atoms with van der Waals surface area (Å²) in [6.07, 6.45) is 5.14. The molecule has 1 unspecified atom stereocenters. The number of carbonyl (C=O) groups excluding carboxylic acids is 2. The van der Waals surface area contributed by atoms with E-state index in [1.54, 1.807) is 0 Å². The normalized spacial score (nSPS) is 16.9. The molecule has 3 aromatic rings. The average molecular weight is 458 g/mol. The second-order valence-corrected chi connectivity index (χ2v) is 9.38. The molecule has 2 aliphatic carbocycles. The number of fused-ring (bicyclic) bond motifs is 1. The molecule has 6 heteroatoms. The van der Waals surface area contributed by atoms with Crippen molar-refractivity contribution in [2.45, 2.75) is 64.5 Å². The first-order chi connectivity index (χ1) is 16.5. The van der Waals surface area contributed by atoms with Crippen LogP contribution >= 0.6 is 0 Å². The third-order valence-electron chi connectivity index (χ3n) is 7.22. The third-order valence-corrected chi connectivity index (χ3v) is 7.22. The second-order valence-electron chi connectivity index (χ2n) is 9.38. The molecule has 1 heterocycles. The number of methoxy groups -OCH3 is 1. The van der Waals surface area contributed by atoms with E-state index in [2.05, 4.69) is 34.3 Å². The number of amides is 1. The van der Waals surface area contributed by atoms with Gasteiger partial charge in [-0.3, -0.25) is 9.59 Å². The molecule has 1 fully saturated rings. The number of aromatic nitrogens is 2. The Bertz CT molecular complexity index is 1220. The Balaban J connectivity index is 1.37. The predicted octanol–water partition coefficient (Wildman–Crippen LogP) is 4.89. The van der Waals surface area contributed by atoms with Crippen LogP contribution in [0.2, 0.25) is 0 Å². The molecule has 176 valence electrons. The molecule has 0 aliphatic heterocycles. The highest BCUT2D eigenvalue weighted by Gasteiger charge is 2.40. The van der Waals surface area contributed by atoms with Crippen LogP contribution in [-0.4, -0.2) is 39.7 Å². The van der Waals surface area contributed by atoms with Gasteiger partial charge in [0.05, 0.1) is 24.5 Å². The number of benzene rings is 2. The van der Waals surface area contributed by atoms with E-state index in [4.69, 9.17) is 4.74 Å². The van der Waals surface area contributed by atoms with Crippen LogP contribution in [0.1, 0.15) is 70.2 Å². The standard InChI is InChI=1S/C28H31N3O3/c1-18-24(15-17-27(32)34-3)19(2)31(29-18)23-11-8-21(9-12-23)28(33)30(22-13-14-22)26-16-10-20-6-4-5-7-25(20)26/h4-9,11-12,22,26H,10,13-17H2,1-3H3. The van der Waals surface area contributed by atoms with Crippen LogP contribution in [-0.2, 0) is 22.4 Å². The molecule has 5 rings (SSSR count). The van der Waals surface area contributed by atoms with Gasteiger partial charge in [0.2, 0.25) is 0 Å². The molecule has 2 aromatic carbocycles. The molecule has 1 saturated carbocycles. The van der Waals surface area contributed by atoms with E-state index in [9.17, 15) is 9.59 Å². The Morgan fingerprint density at radius 1 is 1.06 bits per heavy atom. The summed E-state index contributed by atoms with van der Waals surface area (Å²) in [5.74, 6) is -0.109. The minimum absolute atomic E-state index is 0.114. The van der Waals surface area contributed by atoms with E-state index in [-0.39, 0.29) is 17.9 Å². The average Bonchev–Trinajstić information content (AvgIpc) is 3.54. The number of ether oxygens (including phenoxy) is 1. The predicted molar refractivity (Wildman–Crippen MR) is 130 cm³/mol.